The molecule has 0 unspecified atom stereocenters. The molecule has 0 aliphatic carbocycles. The summed E-state index contributed by atoms with van der Waals surface area (Å²) in [6.07, 6.45) is 0.699. The van der Waals surface area contributed by atoms with Gasteiger partial charge in [0.2, 0.25) is 0 Å². The monoisotopic (exact) mass is 245 g/mol. The number of aromatic nitrogens is 2. The molecule has 2 rings (SSSR count). The van der Waals surface area contributed by atoms with Crippen molar-refractivity contribution in [1.82, 2.24) is 9.97 Å². The Hall–Kier alpha value is -1.81. The van der Waals surface area contributed by atoms with Crippen LogP contribution >= 0.6 is 0 Å². The van der Waals surface area contributed by atoms with Crippen LogP contribution in [0, 0.1) is 19.7 Å². The van der Waals surface area contributed by atoms with Gasteiger partial charge in [-0.2, -0.15) is 0 Å². The first-order valence-corrected chi connectivity index (χ1v) is 5.91. The van der Waals surface area contributed by atoms with Crippen molar-refractivity contribution in [1.29, 1.82) is 0 Å². The quantitative estimate of drug-likeness (QED) is 0.903. The van der Waals surface area contributed by atoms with E-state index in [1.807, 2.05) is 19.1 Å². The number of halogens is 1. The molecule has 94 valence electrons. The first kappa shape index (κ1) is 12.6. The molecular formula is C14H16FN3. The van der Waals surface area contributed by atoms with Gasteiger partial charge in [-0.1, -0.05) is 12.1 Å². The lowest BCUT2D eigenvalue weighted by atomic mass is 10.1. The highest BCUT2D eigenvalue weighted by Gasteiger charge is 2.07. The Morgan fingerprint density at radius 2 is 1.94 bits per heavy atom. The SMILES string of the molecule is Cc1cc(CCN)nc(-c2ccc(C)c(F)c2)n1. The molecule has 0 atom stereocenters. The number of nitrogens with zero attached hydrogens (tertiary/aromatic N) is 2. The zero-order chi connectivity index (χ0) is 13.1. The second-order valence-electron chi connectivity index (χ2n) is 4.33. The van der Waals surface area contributed by atoms with E-state index in [1.165, 1.54) is 6.07 Å². The zero-order valence-corrected chi connectivity index (χ0v) is 10.6. The second-order valence-corrected chi connectivity index (χ2v) is 4.33. The van der Waals surface area contributed by atoms with Gasteiger partial charge in [0.25, 0.3) is 0 Å². The minimum atomic E-state index is -0.238. The molecule has 3 nitrogen and oxygen atoms in total. The van der Waals surface area contributed by atoms with Crippen LogP contribution in [0.15, 0.2) is 24.3 Å². The van der Waals surface area contributed by atoms with Crippen LogP contribution in [0.1, 0.15) is 17.0 Å². The normalized spacial score (nSPS) is 10.7. The lowest BCUT2D eigenvalue weighted by molar-refractivity contribution is 0.619. The van der Waals surface area contributed by atoms with Crippen molar-refractivity contribution in [3.8, 4) is 11.4 Å². The Morgan fingerprint density at radius 1 is 1.17 bits per heavy atom. The van der Waals surface area contributed by atoms with Gasteiger partial charge in [-0.3, -0.25) is 0 Å². The second kappa shape index (κ2) is 5.23. The predicted octanol–water partition coefficient (Wildman–Crippen LogP) is 2.40. The molecule has 1 aromatic heterocycles. The summed E-state index contributed by atoms with van der Waals surface area (Å²) in [5.74, 6) is 0.315. The number of hydrogen-bond donors (Lipinski definition) is 1. The third kappa shape index (κ3) is 2.71. The fourth-order valence-electron chi connectivity index (χ4n) is 1.77. The molecule has 0 aliphatic heterocycles. The predicted molar refractivity (Wildman–Crippen MR) is 69.7 cm³/mol. The molecule has 0 fully saturated rings. The highest BCUT2D eigenvalue weighted by molar-refractivity contribution is 5.56. The largest absolute Gasteiger partial charge is 0.330 e. The smallest absolute Gasteiger partial charge is 0.159 e. The van der Waals surface area contributed by atoms with Gasteiger partial charge in [0.1, 0.15) is 5.82 Å². The minimum Gasteiger partial charge on any atom is -0.330 e. The van der Waals surface area contributed by atoms with Crippen LogP contribution in [0.5, 0.6) is 0 Å². The highest BCUT2D eigenvalue weighted by Crippen LogP contribution is 2.19. The molecule has 1 aromatic carbocycles. The van der Waals surface area contributed by atoms with Crippen molar-refractivity contribution >= 4 is 0 Å². The van der Waals surface area contributed by atoms with Crippen molar-refractivity contribution in [3.63, 3.8) is 0 Å². The van der Waals surface area contributed by atoms with Crippen LogP contribution in [-0.2, 0) is 6.42 Å². The molecule has 4 heteroatoms. The molecule has 2 aromatic rings. The summed E-state index contributed by atoms with van der Waals surface area (Å²) in [5, 5.41) is 0. The standard InChI is InChI=1S/C14H16FN3/c1-9-3-4-11(8-13(9)15)14-17-10(2)7-12(18-14)5-6-16/h3-4,7-8H,5-6,16H2,1-2H3. The molecule has 0 radical (unpaired) electrons. The Labute approximate surface area is 106 Å². The van der Waals surface area contributed by atoms with Gasteiger partial charge in [0.15, 0.2) is 5.82 Å². The molecular weight excluding hydrogens is 229 g/mol. The van der Waals surface area contributed by atoms with Gasteiger partial charge in [0.05, 0.1) is 0 Å². The average Bonchev–Trinajstić information content (AvgIpc) is 2.32. The van der Waals surface area contributed by atoms with Gasteiger partial charge in [-0.25, -0.2) is 14.4 Å². The molecule has 0 aliphatic rings. The topological polar surface area (TPSA) is 51.8 Å². The molecule has 0 bridgehead atoms. The summed E-state index contributed by atoms with van der Waals surface area (Å²) in [6.45, 7) is 4.17. The number of rotatable bonds is 3. The molecule has 0 saturated carbocycles. The Balaban J connectivity index is 2.46. The summed E-state index contributed by atoms with van der Waals surface area (Å²) in [5.41, 5.74) is 8.59. The fraction of sp³-hybridized carbons (Fsp3) is 0.286. The van der Waals surface area contributed by atoms with E-state index in [4.69, 9.17) is 5.73 Å². The van der Waals surface area contributed by atoms with Crippen LogP contribution in [0.25, 0.3) is 11.4 Å². The number of nitrogens with two attached hydrogens (primary N) is 1. The van der Waals surface area contributed by atoms with E-state index in [0.29, 0.717) is 29.9 Å². The van der Waals surface area contributed by atoms with E-state index in [0.717, 1.165) is 11.4 Å². The number of benzene rings is 1. The van der Waals surface area contributed by atoms with Crippen molar-refractivity contribution in [2.24, 2.45) is 5.73 Å². The van der Waals surface area contributed by atoms with Crippen LogP contribution in [0.4, 0.5) is 4.39 Å². The Morgan fingerprint density at radius 3 is 2.61 bits per heavy atom. The van der Waals surface area contributed by atoms with Gasteiger partial charge >= 0.3 is 0 Å². The maximum absolute atomic E-state index is 13.5. The molecule has 0 amide bonds. The summed E-state index contributed by atoms with van der Waals surface area (Å²) in [4.78, 5) is 8.75. The van der Waals surface area contributed by atoms with E-state index >= 15 is 0 Å². The summed E-state index contributed by atoms with van der Waals surface area (Å²) in [6, 6.07) is 6.94. The van der Waals surface area contributed by atoms with Crippen molar-refractivity contribution in [3.05, 3.63) is 47.0 Å². The van der Waals surface area contributed by atoms with E-state index in [-0.39, 0.29) is 5.82 Å². The molecule has 0 spiro atoms. The number of hydrogen-bond acceptors (Lipinski definition) is 3. The molecule has 0 saturated heterocycles. The molecule has 1 heterocycles. The fourth-order valence-corrected chi connectivity index (χ4v) is 1.77. The van der Waals surface area contributed by atoms with E-state index < -0.39 is 0 Å². The third-order valence-electron chi connectivity index (χ3n) is 2.74. The van der Waals surface area contributed by atoms with Crippen molar-refractivity contribution < 1.29 is 4.39 Å². The van der Waals surface area contributed by atoms with E-state index in [9.17, 15) is 4.39 Å². The van der Waals surface area contributed by atoms with Crippen molar-refractivity contribution in [2.75, 3.05) is 6.54 Å². The third-order valence-corrected chi connectivity index (χ3v) is 2.74. The van der Waals surface area contributed by atoms with Crippen LogP contribution in [-0.4, -0.2) is 16.5 Å². The first-order chi connectivity index (χ1) is 8.60. The maximum Gasteiger partial charge on any atom is 0.159 e. The van der Waals surface area contributed by atoms with E-state index in [2.05, 4.69) is 9.97 Å². The molecule has 18 heavy (non-hydrogen) atoms. The molecule has 2 N–H and O–H groups in total. The minimum absolute atomic E-state index is 0.238. The van der Waals surface area contributed by atoms with Gasteiger partial charge in [-0.15, -0.1) is 0 Å². The van der Waals surface area contributed by atoms with E-state index in [1.54, 1.807) is 13.0 Å². The lowest BCUT2D eigenvalue weighted by Crippen LogP contribution is -2.06. The van der Waals surface area contributed by atoms with Crippen LogP contribution in [0.3, 0.4) is 0 Å². The highest BCUT2D eigenvalue weighted by atomic mass is 19.1. The van der Waals surface area contributed by atoms with Crippen LogP contribution in [0.2, 0.25) is 0 Å². The average molecular weight is 245 g/mol. The van der Waals surface area contributed by atoms with Crippen molar-refractivity contribution in [2.45, 2.75) is 20.3 Å². The summed E-state index contributed by atoms with van der Waals surface area (Å²) in [7, 11) is 0. The number of aryl methyl sites for hydroxylation is 2. The zero-order valence-electron chi connectivity index (χ0n) is 10.6. The maximum atomic E-state index is 13.5. The van der Waals surface area contributed by atoms with Gasteiger partial charge < -0.3 is 5.73 Å². The van der Waals surface area contributed by atoms with Gasteiger partial charge in [-0.05, 0) is 38.1 Å². The lowest BCUT2D eigenvalue weighted by Gasteiger charge is -2.06. The Kier molecular flexibility index (Phi) is 3.67. The first-order valence-electron chi connectivity index (χ1n) is 5.91. The van der Waals surface area contributed by atoms with Gasteiger partial charge in [0, 0.05) is 23.4 Å². The Bertz CT molecular complexity index is 567. The van der Waals surface area contributed by atoms with Crippen LogP contribution < -0.4 is 5.73 Å². The summed E-state index contributed by atoms with van der Waals surface area (Å²) < 4.78 is 13.5. The summed E-state index contributed by atoms with van der Waals surface area (Å²) >= 11 is 0.